The minimum absolute atomic E-state index is 0.0161. The van der Waals surface area contributed by atoms with Crippen molar-refractivity contribution in [3.05, 3.63) is 131 Å². The molecule has 1 aromatic heterocycles. The molecule has 0 fully saturated rings. The molecule has 11 nitrogen and oxygen atoms in total. The summed E-state index contributed by atoms with van der Waals surface area (Å²) in [5, 5.41) is 0.223. The van der Waals surface area contributed by atoms with E-state index in [0.29, 0.717) is 21.9 Å². The van der Waals surface area contributed by atoms with Gasteiger partial charge in [0.1, 0.15) is 42.5 Å². The summed E-state index contributed by atoms with van der Waals surface area (Å²) in [6.07, 6.45) is -0.973. The van der Waals surface area contributed by atoms with Gasteiger partial charge < -0.3 is 18.9 Å². The Morgan fingerprint density at radius 3 is 2.12 bits per heavy atom. The lowest BCUT2D eigenvalue weighted by atomic mass is 10.1. The van der Waals surface area contributed by atoms with Crippen LogP contribution in [0.2, 0.25) is 0 Å². The minimum atomic E-state index is -5.04. The molecule has 0 unspecified atom stereocenters. The first-order chi connectivity index (χ1) is 23.6. The molecule has 0 saturated carbocycles. The van der Waals surface area contributed by atoms with Crippen LogP contribution in [-0.4, -0.2) is 45.7 Å². The number of halogens is 2. The van der Waals surface area contributed by atoms with Gasteiger partial charge in [0.15, 0.2) is 5.82 Å². The van der Waals surface area contributed by atoms with Crippen LogP contribution in [0.25, 0.3) is 10.9 Å². The number of ether oxygens (including phenoxy) is 4. The SMILES string of the molecule is COC(=O)CN(c1c(OCc2ccccc2)cc2ccc(OCCc3ccc(F)cc3)nc2c1F)S(=O)(=O)NC(=O)OCc1ccccc1. The first-order valence-corrected chi connectivity index (χ1v) is 16.3. The topological polar surface area (TPSA) is 133 Å². The third-order valence-corrected chi connectivity index (χ3v) is 8.41. The Bertz CT molecular complexity index is 2020. The molecule has 5 aromatic rings. The molecule has 1 N–H and O–H groups in total. The number of aromatic nitrogens is 1. The maximum atomic E-state index is 16.7. The zero-order valence-corrected chi connectivity index (χ0v) is 27.0. The Kier molecular flexibility index (Phi) is 11.2. The number of hydrogen-bond donors (Lipinski definition) is 1. The van der Waals surface area contributed by atoms with E-state index in [2.05, 4.69) is 4.98 Å². The summed E-state index contributed by atoms with van der Waals surface area (Å²) in [4.78, 5) is 29.4. The molecule has 49 heavy (non-hydrogen) atoms. The summed E-state index contributed by atoms with van der Waals surface area (Å²) in [6, 6.07) is 27.6. The monoisotopic (exact) mass is 691 g/mol. The van der Waals surface area contributed by atoms with Gasteiger partial charge >= 0.3 is 22.3 Å². The van der Waals surface area contributed by atoms with E-state index in [0.717, 1.165) is 12.7 Å². The van der Waals surface area contributed by atoms with Crippen molar-refractivity contribution < 1.29 is 45.7 Å². The van der Waals surface area contributed by atoms with Gasteiger partial charge in [0, 0.05) is 17.9 Å². The fourth-order valence-electron chi connectivity index (χ4n) is 4.64. The molecule has 1 amide bonds. The number of amides is 1. The summed E-state index contributed by atoms with van der Waals surface area (Å²) in [6.45, 7) is -1.29. The number of nitrogens with one attached hydrogen (secondary N) is 1. The lowest BCUT2D eigenvalue weighted by molar-refractivity contribution is -0.138. The Labute approximate surface area is 281 Å². The molecule has 0 saturated heterocycles. The molecule has 0 aliphatic heterocycles. The van der Waals surface area contributed by atoms with Gasteiger partial charge in [-0.15, -0.1) is 0 Å². The summed E-state index contributed by atoms with van der Waals surface area (Å²) in [5.41, 5.74) is 1.04. The third kappa shape index (κ3) is 9.20. The molecule has 4 aromatic carbocycles. The number of anilines is 1. The number of fused-ring (bicyclic) bond motifs is 1. The number of pyridine rings is 1. The van der Waals surface area contributed by atoms with Gasteiger partial charge in [-0.3, -0.25) is 4.79 Å². The lowest BCUT2D eigenvalue weighted by Crippen LogP contribution is -2.46. The molecule has 254 valence electrons. The van der Waals surface area contributed by atoms with E-state index < -0.39 is 40.3 Å². The minimum Gasteiger partial charge on any atom is -0.487 e. The number of hydrogen-bond acceptors (Lipinski definition) is 9. The van der Waals surface area contributed by atoms with Gasteiger partial charge in [0.2, 0.25) is 5.88 Å². The summed E-state index contributed by atoms with van der Waals surface area (Å²) in [7, 11) is -4.01. The van der Waals surface area contributed by atoms with E-state index in [1.54, 1.807) is 77.5 Å². The van der Waals surface area contributed by atoms with E-state index in [4.69, 9.17) is 18.9 Å². The average Bonchev–Trinajstić information content (AvgIpc) is 3.11. The second kappa shape index (κ2) is 15.9. The predicted octanol–water partition coefficient (Wildman–Crippen LogP) is 5.86. The van der Waals surface area contributed by atoms with Gasteiger partial charge in [-0.25, -0.2) is 27.6 Å². The number of carbonyl (C=O) groups excluding carboxylic acids is 2. The van der Waals surface area contributed by atoms with Crippen LogP contribution in [0.15, 0.2) is 103 Å². The largest absolute Gasteiger partial charge is 0.487 e. The van der Waals surface area contributed by atoms with Crippen molar-refractivity contribution in [2.45, 2.75) is 19.6 Å². The highest BCUT2D eigenvalue weighted by atomic mass is 32.2. The van der Waals surface area contributed by atoms with Crippen LogP contribution in [0.1, 0.15) is 16.7 Å². The lowest BCUT2D eigenvalue weighted by Gasteiger charge is -2.26. The van der Waals surface area contributed by atoms with Crippen LogP contribution in [0.4, 0.5) is 19.3 Å². The molecule has 14 heteroatoms. The van der Waals surface area contributed by atoms with Crippen molar-refractivity contribution >= 4 is 38.9 Å². The van der Waals surface area contributed by atoms with E-state index in [-0.39, 0.29) is 48.2 Å². The van der Waals surface area contributed by atoms with Crippen molar-refractivity contribution in [3.63, 3.8) is 0 Å². The highest BCUT2D eigenvalue weighted by Gasteiger charge is 2.34. The maximum absolute atomic E-state index is 16.7. The Morgan fingerprint density at radius 2 is 1.47 bits per heavy atom. The zero-order chi connectivity index (χ0) is 34.8. The fraction of sp³-hybridized carbons (Fsp3) is 0.171. The summed E-state index contributed by atoms with van der Waals surface area (Å²) in [5.74, 6) is -2.88. The predicted molar refractivity (Wildman–Crippen MR) is 176 cm³/mol. The molecule has 1 heterocycles. The normalized spacial score (nSPS) is 11.1. The van der Waals surface area contributed by atoms with Gasteiger partial charge in [0.05, 0.1) is 13.7 Å². The first kappa shape index (κ1) is 34.6. The Balaban J connectivity index is 1.50. The molecule has 5 rings (SSSR count). The molecule has 0 bridgehead atoms. The highest BCUT2D eigenvalue weighted by Crippen LogP contribution is 2.39. The van der Waals surface area contributed by atoms with Crippen LogP contribution in [0, 0.1) is 11.6 Å². The first-order valence-electron chi connectivity index (χ1n) is 14.9. The van der Waals surface area contributed by atoms with Crippen LogP contribution in [-0.2, 0) is 44.1 Å². The van der Waals surface area contributed by atoms with E-state index >= 15 is 4.39 Å². The Morgan fingerprint density at radius 1 is 0.816 bits per heavy atom. The fourth-order valence-corrected chi connectivity index (χ4v) is 5.70. The summed E-state index contributed by atoms with van der Waals surface area (Å²) >= 11 is 0. The van der Waals surface area contributed by atoms with Crippen LogP contribution >= 0.6 is 0 Å². The quantitative estimate of drug-likeness (QED) is 0.142. The molecule has 0 radical (unpaired) electrons. The second-order valence-electron chi connectivity index (χ2n) is 10.5. The zero-order valence-electron chi connectivity index (χ0n) is 26.2. The number of rotatable bonds is 14. The molecule has 0 aliphatic rings. The molecular weight excluding hydrogens is 660 g/mol. The number of benzene rings is 4. The molecule has 0 atom stereocenters. The number of carbonyl (C=O) groups is 2. The molecular formula is C35H31F2N3O8S. The van der Waals surface area contributed by atoms with Crippen molar-refractivity contribution in [1.82, 2.24) is 9.71 Å². The van der Waals surface area contributed by atoms with Gasteiger partial charge in [-0.1, -0.05) is 72.8 Å². The van der Waals surface area contributed by atoms with E-state index in [1.165, 1.54) is 30.3 Å². The van der Waals surface area contributed by atoms with Gasteiger partial charge in [-0.05, 0) is 41.0 Å². The Hall–Kier alpha value is -5.76. The standard InChI is InChI=1S/C35H31F2N3O8S/c1-45-31(41)21-40(49(43,44)39-35(42)48-23-26-10-6-3-7-11-26)34-29(47-22-25-8-4-2-5-9-25)20-27-14-17-30(38-33(27)32(34)37)46-19-18-24-12-15-28(36)16-13-24/h2-17,20H,18-19,21-23H2,1H3,(H,39,42). The molecule has 0 spiro atoms. The number of esters is 1. The van der Waals surface area contributed by atoms with Crippen molar-refractivity contribution in [1.29, 1.82) is 0 Å². The van der Waals surface area contributed by atoms with Crippen molar-refractivity contribution in [3.8, 4) is 11.6 Å². The van der Waals surface area contributed by atoms with Crippen LogP contribution in [0.3, 0.4) is 0 Å². The van der Waals surface area contributed by atoms with Crippen molar-refractivity contribution in [2.75, 3.05) is 24.6 Å². The van der Waals surface area contributed by atoms with E-state index in [1.807, 2.05) is 0 Å². The van der Waals surface area contributed by atoms with E-state index in [9.17, 15) is 22.4 Å². The third-order valence-electron chi connectivity index (χ3n) is 7.09. The van der Waals surface area contributed by atoms with Gasteiger partial charge in [0.25, 0.3) is 0 Å². The van der Waals surface area contributed by atoms with Crippen molar-refractivity contribution in [2.24, 2.45) is 0 Å². The maximum Gasteiger partial charge on any atom is 0.422 e. The molecule has 0 aliphatic carbocycles. The summed E-state index contributed by atoms with van der Waals surface area (Å²) < 4.78 is 80.8. The average molecular weight is 692 g/mol. The smallest absolute Gasteiger partial charge is 0.422 e. The van der Waals surface area contributed by atoms with Crippen LogP contribution in [0.5, 0.6) is 11.6 Å². The van der Waals surface area contributed by atoms with Gasteiger partial charge in [-0.2, -0.15) is 8.42 Å². The number of methoxy groups -OCH3 is 1. The highest BCUT2D eigenvalue weighted by molar-refractivity contribution is 7.91. The number of nitrogens with zero attached hydrogens (tertiary/aromatic N) is 2. The second-order valence-corrected chi connectivity index (χ2v) is 12.1. The van der Waals surface area contributed by atoms with Crippen LogP contribution < -0.4 is 18.5 Å².